The van der Waals surface area contributed by atoms with Crippen molar-refractivity contribution in [3.8, 4) is 17.1 Å². The minimum atomic E-state index is 0.0234. The number of nitrogens with one attached hydrogen (secondary N) is 1. The number of hydrogen-bond acceptors (Lipinski definition) is 5. The van der Waals surface area contributed by atoms with E-state index < -0.39 is 0 Å². The maximum Gasteiger partial charge on any atom is 0.223 e. The second-order valence-corrected chi connectivity index (χ2v) is 7.82. The van der Waals surface area contributed by atoms with Crippen LogP contribution in [-0.4, -0.2) is 32.4 Å². The van der Waals surface area contributed by atoms with E-state index >= 15 is 0 Å². The van der Waals surface area contributed by atoms with E-state index in [4.69, 9.17) is 14.8 Å². The van der Waals surface area contributed by atoms with Crippen LogP contribution in [0.1, 0.15) is 46.4 Å². The van der Waals surface area contributed by atoms with E-state index in [0.717, 1.165) is 39.2 Å². The first-order valence-corrected chi connectivity index (χ1v) is 10.4. The summed E-state index contributed by atoms with van der Waals surface area (Å²) >= 11 is 0. The van der Waals surface area contributed by atoms with Gasteiger partial charge in [0.15, 0.2) is 0 Å². The molecule has 0 saturated heterocycles. The van der Waals surface area contributed by atoms with Gasteiger partial charge in [-0.2, -0.15) is 5.10 Å². The molecule has 0 aromatic carbocycles. The molecule has 0 aliphatic heterocycles. The summed E-state index contributed by atoms with van der Waals surface area (Å²) in [7, 11) is 0. The molecule has 0 amide bonds. The zero-order chi connectivity index (χ0) is 21.8. The van der Waals surface area contributed by atoms with Crippen LogP contribution in [0.3, 0.4) is 0 Å². The molecule has 30 heavy (non-hydrogen) atoms. The number of aryl methyl sites for hydroxylation is 1. The number of ether oxygens (including phenoxy) is 1. The molecule has 0 unspecified atom stereocenters. The van der Waals surface area contributed by atoms with Crippen LogP contribution in [0.4, 0.5) is 5.69 Å². The van der Waals surface area contributed by atoms with Gasteiger partial charge in [-0.3, -0.25) is 4.68 Å². The lowest BCUT2D eigenvalue weighted by atomic mass is 10.1. The molecule has 0 fully saturated rings. The van der Waals surface area contributed by atoms with E-state index in [2.05, 4.69) is 42.9 Å². The largest absolute Gasteiger partial charge is 0.474 e. The molecule has 158 valence electrons. The molecule has 1 N–H and O–H groups in total. The maximum absolute atomic E-state index is 5.94. The van der Waals surface area contributed by atoms with Gasteiger partial charge < -0.3 is 10.1 Å². The summed E-state index contributed by atoms with van der Waals surface area (Å²) in [6.07, 6.45) is 5.69. The molecule has 0 saturated carbocycles. The van der Waals surface area contributed by atoms with Gasteiger partial charge in [0.2, 0.25) is 5.88 Å². The normalized spacial score (nSPS) is 12.1. The standard InChI is InChI=1S/C24H31N5O/c1-8-18(9-2)14-26-21-13-20(19-11-10-12-25-24(19)30-16(5)6)27-22-17(7)28-29(15(3)4)23(21)22/h8-13,15-16H,1,14H2,2-7H3,(H,26,27)/b18-9+. The molecule has 6 nitrogen and oxygen atoms in total. The summed E-state index contributed by atoms with van der Waals surface area (Å²) in [6.45, 7) is 16.8. The Morgan fingerprint density at radius 3 is 2.70 bits per heavy atom. The second-order valence-electron chi connectivity index (χ2n) is 7.82. The van der Waals surface area contributed by atoms with Gasteiger partial charge in [0, 0.05) is 18.8 Å². The van der Waals surface area contributed by atoms with Crippen molar-refractivity contribution in [3.63, 3.8) is 0 Å². The fourth-order valence-corrected chi connectivity index (χ4v) is 3.32. The van der Waals surface area contributed by atoms with Gasteiger partial charge in [0.05, 0.1) is 28.7 Å². The maximum atomic E-state index is 5.94. The number of hydrogen-bond donors (Lipinski definition) is 1. The Morgan fingerprint density at radius 1 is 1.30 bits per heavy atom. The van der Waals surface area contributed by atoms with Crippen molar-refractivity contribution in [3.05, 3.63) is 54.4 Å². The van der Waals surface area contributed by atoms with Crippen LogP contribution in [0.5, 0.6) is 5.88 Å². The van der Waals surface area contributed by atoms with Gasteiger partial charge in [0.25, 0.3) is 0 Å². The predicted octanol–water partition coefficient (Wildman–Crippen LogP) is 5.71. The minimum Gasteiger partial charge on any atom is -0.474 e. The van der Waals surface area contributed by atoms with Crippen molar-refractivity contribution in [1.82, 2.24) is 19.7 Å². The molecule has 0 spiro atoms. The average Bonchev–Trinajstić information content (AvgIpc) is 3.06. The molecule has 6 heteroatoms. The number of pyridine rings is 2. The fourth-order valence-electron chi connectivity index (χ4n) is 3.32. The third kappa shape index (κ3) is 4.37. The van der Waals surface area contributed by atoms with E-state index in [0.29, 0.717) is 12.4 Å². The molecule has 3 heterocycles. The van der Waals surface area contributed by atoms with Crippen LogP contribution in [0.15, 0.2) is 48.7 Å². The molecular formula is C24H31N5O. The lowest BCUT2D eigenvalue weighted by Gasteiger charge is -2.16. The summed E-state index contributed by atoms with van der Waals surface area (Å²) in [5.74, 6) is 0.583. The Balaban J connectivity index is 2.21. The summed E-state index contributed by atoms with van der Waals surface area (Å²) in [5.41, 5.74) is 6.55. The first-order chi connectivity index (χ1) is 14.3. The number of allylic oxidation sites excluding steroid dienone is 1. The van der Waals surface area contributed by atoms with E-state index in [-0.39, 0.29) is 12.1 Å². The number of nitrogens with zero attached hydrogens (tertiary/aromatic N) is 4. The number of fused-ring (bicyclic) bond motifs is 1. The predicted molar refractivity (Wildman–Crippen MR) is 124 cm³/mol. The smallest absolute Gasteiger partial charge is 0.223 e. The van der Waals surface area contributed by atoms with E-state index in [1.54, 1.807) is 6.20 Å². The lowest BCUT2D eigenvalue weighted by Crippen LogP contribution is -2.10. The highest BCUT2D eigenvalue weighted by molar-refractivity contribution is 5.93. The average molecular weight is 406 g/mol. The van der Waals surface area contributed by atoms with Gasteiger partial charge in [-0.05, 0) is 65.3 Å². The quantitative estimate of drug-likeness (QED) is 0.486. The van der Waals surface area contributed by atoms with Crippen LogP contribution in [0, 0.1) is 6.92 Å². The van der Waals surface area contributed by atoms with E-state index in [1.807, 2.05) is 50.6 Å². The highest BCUT2D eigenvalue weighted by Crippen LogP contribution is 2.34. The highest BCUT2D eigenvalue weighted by Gasteiger charge is 2.19. The van der Waals surface area contributed by atoms with Crippen molar-refractivity contribution >= 4 is 16.7 Å². The van der Waals surface area contributed by atoms with Crippen molar-refractivity contribution in [2.45, 2.75) is 53.7 Å². The fraction of sp³-hybridized carbons (Fsp3) is 0.375. The third-order valence-electron chi connectivity index (χ3n) is 4.82. The Kier molecular flexibility index (Phi) is 6.55. The van der Waals surface area contributed by atoms with Gasteiger partial charge in [-0.25, -0.2) is 9.97 Å². The van der Waals surface area contributed by atoms with Crippen molar-refractivity contribution in [2.24, 2.45) is 0 Å². The van der Waals surface area contributed by atoms with E-state index in [1.165, 1.54) is 0 Å². The summed E-state index contributed by atoms with van der Waals surface area (Å²) in [6, 6.07) is 6.17. The van der Waals surface area contributed by atoms with Crippen molar-refractivity contribution in [2.75, 3.05) is 11.9 Å². The molecule has 3 rings (SSSR count). The summed E-state index contributed by atoms with van der Waals surface area (Å²) in [5, 5.41) is 8.32. The lowest BCUT2D eigenvalue weighted by molar-refractivity contribution is 0.234. The number of aromatic nitrogens is 4. The Hall–Kier alpha value is -3.15. The summed E-state index contributed by atoms with van der Waals surface area (Å²) < 4.78 is 7.97. The molecular weight excluding hydrogens is 374 g/mol. The molecule has 0 atom stereocenters. The minimum absolute atomic E-state index is 0.0234. The molecule has 0 aliphatic carbocycles. The van der Waals surface area contributed by atoms with Gasteiger partial charge in [0.1, 0.15) is 11.0 Å². The second kappa shape index (κ2) is 9.11. The third-order valence-corrected chi connectivity index (χ3v) is 4.82. The van der Waals surface area contributed by atoms with Crippen LogP contribution in [0.2, 0.25) is 0 Å². The first kappa shape index (κ1) is 21.6. The Morgan fingerprint density at radius 2 is 2.07 bits per heavy atom. The number of anilines is 1. The number of rotatable bonds is 8. The highest BCUT2D eigenvalue weighted by atomic mass is 16.5. The summed E-state index contributed by atoms with van der Waals surface area (Å²) in [4.78, 5) is 9.40. The Bertz CT molecular complexity index is 1080. The van der Waals surface area contributed by atoms with E-state index in [9.17, 15) is 0 Å². The van der Waals surface area contributed by atoms with Gasteiger partial charge >= 0.3 is 0 Å². The molecule has 3 aromatic rings. The SMILES string of the molecule is C=C/C(=C\C)CNc1cc(-c2cccnc2OC(C)C)nc2c(C)nn(C(C)C)c12. The van der Waals surface area contributed by atoms with Crippen LogP contribution in [-0.2, 0) is 0 Å². The van der Waals surface area contributed by atoms with Gasteiger partial charge in [-0.15, -0.1) is 0 Å². The zero-order valence-corrected chi connectivity index (χ0v) is 18.7. The topological polar surface area (TPSA) is 64.9 Å². The van der Waals surface area contributed by atoms with Crippen LogP contribution < -0.4 is 10.1 Å². The molecule has 0 bridgehead atoms. The molecule has 0 aliphatic rings. The van der Waals surface area contributed by atoms with Crippen molar-refractivity contribution < 1.29 is 4.74 Å². The van der Waals surface area contributed by atoms with Gasteiger partial charge in [-0.1, -0.05) is 18.7 Å². The molecule has 3 aromatic heterocycles. The first-order valence-electron chi connectivity index (χ1n) is 10.4. The zero-order valence-electron chi connectivity index (χ0n) is 18.7. The Labute approximate surface area is 178 Å². The van der Waals surface area contributed by atoms with Crippen molar-refractivity contribution in [1.29, 1.82) is 0 Å². The van der Waals surface area contributed by atoms with Crippen LogP contribution in [0.25, 0.3) is 22.3 Å². The van der Waals surface area contributed by atoms with Crippen LogP contribution >= 0.6 is 0 Å². The molecule has 0 radical (unpaired) electrons. The monoisotopic (exact) mass is 405 g/mol.